The standard InChI is InChI=1S/C11H16N2O2/c1-6(2)10-12-8-4-3-7(11(14)15)5-9(8)13-10/h6-7H,3-5H2,1-2H3,(H,12,13)(H,14,15)/t7-/m1/s1. The van der Waals surface area contributed by atoms with E-state index in [-0.39, 0.29) is 5.92 Å². The first-order chi connectivity index (χ1) is 7.08. The van der Waals surface area contributed by atoms with Crippen LogP contribution in [0, 0.1) is 5.92 Å². The molecule has 1 aliphatic carbocycles. The van der Waals surface area contributed by atoms with Gasteiger partial charge in [0.25, 0.3) is 0 Å². The van der Waals surface area contributed by atoms with Gasteiger partial charge in [0.05, 0.1) is 11.6 Å². The highest BCUT2D eigenvalue weighted by atomic mass is 16.4. The van der Waals surface area contributed by atoms with Crippen LogP contribution in [0.4, 0.5) is 0 Å². The molecule has 0 saturated heterocycles. The Bertz CT molecular complexity index is 382. The molecule has 82 valence electrons. The van der Waals surface area contributed by atoms with Gasteiger partial charge in [0, 0.05) is 18.0 Å². The van der Waals surface area contributed by atoms with E-state index in [1.165, 1.54) is 0 Å². The zero-order chi connectivity index (χ0) is 11.0. The predicted molar refractivity (Wildman–Crippen MR) is 55.8 cm³/mol. The fraction of sp³-hybridized carbons (Fsp3) is 0.636. The third-order valence-corrected chi connectivity index (χ3v) is 2.96. The molecule has 1 heterocycles. The van der Waals surface area contributed by atoms with Crippen LogP contribution in [0.5, 0.6) is 0 Å². The number of imidazole rings is 1. The molecule has 0 amide bonds. The van der Waals surface area contributed by atoms with Crippen LogP contribution in [0.25, 0.3) is 0 Å². The smallest absolute Gasteiger partial charge is 0.306 e. The van der Waals surface area contributed by atoms with E-state index in [0.717, 1.165) is 23.6 Å². The van der Waals surface area contributed by atoms with Crippen molar-refractivity contribution >= 4 is 5.97 Å². The molecule has 0 unspecified atom stereocenters. The molecule has 4 heteroatoms. The molecule has 1 aromatic rings. The number of aliphatic carboxylic acids is 1. The average Bonchev–Trinajstić information content (AvgIpc) is 2.59. The maximum absolute atomic E-state index is 10.9. The van der Waals surface area contributed by atoms with Crippen LogP contribution in [0.3, 0.4) is 0 Å². The molecule has 15 heavy (non-hydrogen) atoms. The Hall–Kier alpha value is -1.32. The Morgan fingerprint density at radius 2 is 2.33 bits per heavy atom. The minimum atomic E-state index is -0.693. The quantitative estimate of drug-likeness (QED) is 0.777. The summed E-state index contributed by atoms with van der Waals surface area (Å²) in [5, 5.41) is 8.95. The SMILES string of the molecule is CC(C)c1nc2c([nH]1)C[C@H](C(=O)O)CC2. The van der Waals surface area contributed by atoms with Gasteiger partial charge in [-0.05, 0) is 12.8 Å². The summed E-state index contributed by atoms with van der Waals surface area (Å²) in [5.41, 5.74) is 2.09. The number of H-pyrrole nitrogens is 1. The van der Waals surface area contributed by atoms with E-state index in [1.807, 2.05) is 0 Å². The van der Waals surface area contributed by atoms with Gasteiger partial charge >= 0.3 is 5.97 Å². The van der Waals surface area contributed by atoms with E-state index in [2.05, 4.69) is 23.8 Å². The molecule has 2 N–H and O–H groups in total. The summed E-state index contributed by atoms with van der Waals surface area (Å²) >= 11 is 0. The number of nitrogens with one attached hydrogen (secondary N) is 1. The minimum absolute atomic E-state index is 0.238. The molecule has 4 nitrogen and oxygen atoms in total. The average molecular weight is 208 g/mol. The number of hydrogen-bond acceptors (Lipinski definition) is 2. The number of fused-ring (bicyclic) bond motifs is 1. The number of carboxylic acid groups (broad SMARTS) is 1. The molecule has 0 bridgehead atoms. The lowest BCUT2D eigenvalue weighted by molar-refractivity contribution is -0.142. The second-order valence-corrected chi connectivity index (χ2v) is 4.48. The summed E-state index contributed by atoms with van der Waals surface area (Å²) in [7, 11) is 0. The first-order valence-corrected chi connectivity index (χ1v) is 5.38. The number of carboxylic acids is 1. The molecule has 1 aliphatic rings. The summed E-state index contributed by atoms with van der Waals surface area (Å²) in [4.78, 5) is 18.6. The summed E-state index contributed by atoms with van der Waals surface area (Å²) in [5.74, 6) is 0.421. The number of aryl methyl sites for hydroxylation is 1. The van der Waals surface area contributed by atoms with Crippen molar-refractivity contribution in [2.75, 3.05) is 0 Å². The normalized spacial score (nSPS) is 20.3. The second-order valence-electron chi connectivity index (χ2n) is 4.48. The fourth-order valence-electron chi connectivity index (χ4n) is 1.99. The number of aromatic nitrogens is 2. The van der Waals surface area contributed by atoms with Crippen molar-refractivity contribution in [3.8, 4) is 0 Å². The van der Waals surface area contributed by atoms with Crippen molar-refractivity contribution in [1.29, 1.82) is 0 Å². The van der Waals surface area contributed by atoms with Crippen molar-refractivity contribution < 1.29 is 9.90 Å². The summed E-state index contributed by atoms with van der Waals surface area (Å²) in [6.07, 6.45) is 2.10. The van der Waals surface area contributed by atoms with Crippen molar-refractivity contribution in [3.63, 3.8) is 0 Å². The molecular formula is C11H16N2O2. The van der Waals surface area contributed by atoms with Crippen molar-refractivity contribution in [1.82, 2.24) is 9.97 Å². The van der Waals surface area contributed by atoms with Crippen molar-refractivity contribution in [2.45, 2.75) is 39.0 Å². The maximum atomic E-state index is 10.9. The first-order valence-electron chi connectivity index (χ1n) is 5.38. The van der Waals surface area contributed by atoms with Gasteiger partial charge < -0.3 is 10.1 Å². The Morgan fingerprint density at radius 3 is 2.93 bits per heavy atom. The van der Waals surface area contributed by atoms with Crippen LogP contribution < -0.4 is 0 Å². The second kappa shape index (κ2) is 3.68. The third kappa shape index (κ3) is 1.89. The predicted octanol–water partition coefficient (Wildman–Crippen LogP) is 1.72. The van der Waals surface area contributed by atoms with E-state index in [1.54, 1.807) is 0 Å². The third-order valence-electron chi connectivity index (χ3n) is 2.96. The summed E-state index contributed by atoms with van der Waals surface area (Å²) in [6, 6.07) is 0. The van der Waals surface area contributed by atoms with E-state index in [4.69, 9.17) is 5.11 Å². The summed E-state index contributed by atoms with van der Waals surface area (Å²) < 4.78 is 0. The zero-order valence-corrected chi connectivity index (χ0v) is 9.08. The number of carbonyl (C=O) groups is 1. The van der Waals surface area contributed by atoms with Gasteiger partial charge in [-0.15, -0.1) is 0 Å². The van der Waals surface area contributed by atoms with Gasteiger partial charge in [0.15, 0.2) is 0 Å². The van der Waals surface area contributed by atoms with Crippen LogP contribution in [-0.4, -0.2) is 21.0 Å². The Kier molecular flexibility index (Phi) is 2.50. The van der Waals surface area contributed by atoms with Gasteiger partial charge in [0.1, 0.15) is 5.82 Å². The van der Waals surface area contributed by atoms with Crippen molar-refractivity contribution in [3.05, 3.63) is 17.2 Å². The highest BCUT2D eigenvalue weighted by Crippen LogP contribution is 2.25. The van der Waals surface area contributed by atoms with E-state index < -0.39 is 5.97 Å². The zero-order valence-electron chi connectivity index (χ0n) is 9.08. The van der Waals surface area contributed by atoms with Crippen LogP contribution in [0.2, 0.25) is 0 Å². The van der Waals surface area contributed by atoms with E-state index in [0.29, 0.717) is 18.8 Å². The van der Waals surface area contributed by atoms with E-state index >= 15 is 0 Å². The highest BCUT2D eigenvalue weighted by molar-refractivity contribution is 5.70. The number of nitrogens with zero attached hydrogens (tertiary/aromatic N) is 1. The van der Waals surface area contributed by atoms with Crippen LogP contribution in [0.1, 0.15) is 43.4 Å². The first kappa shape index (κ1) is 10.2. The molecule has 0 saturated carbocycles. The molecule has 0 spiro atoms. The molecule has 0 radical (unpaired) electrons. The molecule has 1 atom stereocenters. The van der Waals surface area contributed by atoms with Crippen LogP contribution in [-0.2, 0) is 17.6 Å². The lowest BCUT2D eigenvalue weighted by Crippen LogP contribution is -2.22. The highest BCUT2D eigenvalue weighted by Gasteiger charge is 2.26. The van der Waals surface area contributed by atoms with E-state index in [9.17, 15) is 4.79 Å². The van der Waals surface area contributed by atoms with Gasteiger partial charge in [-0.3, -0.25) is 4.79 Å². The van der Waals surface area contributed by atoms with Gasteiger partial charge in [-0.1, -0.05) is 13.8 Å². The van der Waals surface area contributed by atoms with Gasteiger partial charge in [0.2, 0.25) is 0 Å². The topological polar surface area (TPSA) is 66.0 Å². The molecule has 0 aromatic carbocycles. The largest absolute Gasteiger partial charge is 0.481 e. The van der Waals surface area contributed by atoms with Crippen LogP contribution in [0.15, 0.2) is 0 Å². The van der Waals surface area contributed by atoms with Gasteiger partial charge in [-0.25, -0.2) is 4.98 Å². The lowest BCUT2D eigenvalue weighted by atomic mass is 9.90. The molecule has 0 aliphatic heterocycles. The number of aromatic amines is 1. The monoisotopic (exact) mass is 208 g/mol. The maximum Gasteiger partial charge on any atom is 0.306 e. The van der Waals surface area contributed by atoms with Crippen LogP contribution >= 0.6 is 0 Å². The Labute approximate surface area is 88.7 Å². The lowest BCUT2D eigenvalue weighted by Gasteiger charge is -2.16. The fourth-order valence-corrected chi connectivity index (χ4v) is 1.99. The number of hydrogen-bond donors (Lipinski definition) is 2. The minimum Gasteiger partial charge on any atom is -0.481 e. The number of rotatable bonds is 2. The molecule has 1 aromatic heterocycles. The van der Waals surface area contributed by atoms with Crippen molar-refractivity contribution in [2.24, 2.45) is 5.92 Å². The molecule has 2 rings (SSSR count). The molecular weight excluding hydrogens is 192 g/mol. The Balaban J connectivity index is 2.22. The molecule has 0 fully saturated rings. The Morgan fingerprint density at radius 1 is 1.60 bits per heavy atom. The van der Waals surface area contributed by atoms with Gasteiger partial charge in [-0.2, -0.15) is 0 Å². The summed E-state index contributed by atoms with van der Waals surface area (Å²) in [6.45, 7) is 4.16.